The zero-order valence-corrected chi connectivity index (χ0v) is 14.1. The van der Waals surface area contributed by atoms with E-state index in [-0.39, 0.29) is 6.10 Å². The highest BCUT2D eigenvalue weighted by Gasteiger charge is 2.00. The summed E-state index contributed by atoms with van der Waals surface area (Å²) >= 11 is 6.01. The second-order valence-electron chi connectivity index (χ2n) is 5.51. The third-order valence-corrected chi connectivity index (χ3v) is 3.41. The lowest BCUT2D eigenvalue weighted by atomic mass is 10.2. The molecular weight excluding hydrogens is 296 g/mol. The van der Waals surface area contributed by atoms with Crippen LogP contribution in [0.5, 0.6) is 5.75 Å². The summed E-state index contributed by atoms with van der Waals surface area (Å²) in [5.41, 5.74) is 3.32. The lowest BCUT2D eigenvalue weighted by Gasteiger charge is -2.13. The summed E-state index contributed by atoms with van der Waals surface area (Å²) in [7, 11) is 0. The third kappa shape index (κ3) is 5.15. The SMILES string of the molecule is Cc1ccc(Cl)cc1NCCNc1cccc(OC(C)C)c1. The van der Waals surface area contributed by atoms with Crippen LogP contribution in [-0.4, -0.2) is 19.2 Å². The summed E-state index contributed by atoms with van der Waals surface area (Å²) < 4.78 is 5.69. The first kappa shape index (κ1) is 16.5. The number of benzene rings is 2. The van der Waals surface area contributed by atoms with E-state index in [1.807, 2.05) is 56.3 Å². The number of halogens is 1. The molecule has 0 atom stereocenters. The molecule has 2 rings (SSSR count). The van der Waals surface area contributed by atoms with Gasteiger partial charge in [0.05, 0.1) is 6.10 Å². The number of hydrogen-bond acceptors (Lipinski definition) is 3. The van der Waals surface area contributed by atoms with E-state index in [0.717, 1.165) is 35.2 Å². The monoisotopic (exact) mass is 318 g/mol. The van der Waals surface area contributed by atoms with Gasteiger partial charge in [0.1, 0.15) is 5.75 Å². The smallest absolute Gasteiger partial charge is 0.121 e. The zero-order valence-electron chi connectivity index (χ0n) is 13.3. The largest absolute Gasteiger partial charge is 0.491 e. The van der Waals surface area contributed by atoms with Crippen molar-refractivity contribution in [3.05, 3.63) is 53.1 Å². The summed E-state index contributed by atoms with van der Waals surface area (Å²) in [5, 5.41) is 7.53. The lowest BCUT2D eigenvalue weighted by molar-refractivity contribution is 0.242. The Morgan fingerprint density at radius 1 is 1.05 bits per heavy atom. The van der Waals surface area contributed by atoms with Crippen molar-refractivity contribution in [2.45, 2.75) is 26.9 Å². The van der Waals surface area contributed by atoms with Crippen LogP contribution in [0.2, 0.25) is 5.02 Å². The van der Waals surface area contributed by atoms with Gasteiger partial charge >= 0.3 is 0 Å². The summed E-state index contributed by atoms with van der Waals surface area (Å²) in [6.45, 7) is 7.75. The van der Waals surface area contributed by atoms with E-state index in [4.69, 9.17) is 16.3 Å². The van der Waals surface area contributed by atoms with Crippen LogP contribution < -0.4 is 15.4 Å². The van der Waals surface area contributed by atoms with Crippen LogP contribution in [0, 0.1) is 6.92 Å². The van der Waals surface area contributed by atoms with Gasteiger partial charge in [0, 0.05) is 35.6 Å². The van der Waals surface area contributed by atoms with Gasteiger partial charge in [-0.1, -0.05) is 23.7 Å². The minimum atomic E-state index is 0.183. The van der Waals surface area contributed by atoms with Gasteiger partial charge in [0.25, 0.3) is 0 Å². The molecule has 0 spiro atoms. The topological polar surface area (TPSA) is 33.3 Å². The molecule has 0 unspecified atom stereocenters. The molecule has 3 nitrogen and oxygen atoms in total. The van der Waals surface area contributed by atoms with E-state index in [1.54, 1.807) is 0 Å². The van der Waals surface area contributed by atoms with Crippen LogP contribution in [0.4, 0.5) is 11.4 Å². The second kappa shape index (κ2) is 7.95. The number of rotatable bonds is 7. The van der Waals surface area contributed by atoms with Crippen LogP contribution in [0.25, 0.3) is 0 Å². The number of hydrogen-bond donors (Lipinski definition) is 2. The molecule has 0 bridgehead atoms. The molecule has 22 heavy (non-hydrogen) atoms. The highest BCUT2D eigenvalue weighted by molar-refractivity contribution is 6.30. The van der Waals surface area contributed by atoms with Gasteiger partial charge in [-0.15, -0.1) is 0 Å². The van der Waals surface area contributed by atoms with Gasteiger partial charge in [0.15, 0.2) is 0 Å². The van der Waals surface area contributed by atoms with Crippen molar-refractivity contribution in [2.75, 3.05) is 23.7 Å². The van der Waals surface area contributed by atoms with Crippen molar-refractivity contribution in [1.29, 1.82) is 0 Å². The van der Waals surface area contributed by atoms with Gasteiger partial charge < -0.3 is 15.4 Å². The maximum atomic E-state index is 6.01. The summed E-state index contributed by atoms with van der Waals surface area (Å²) in [5.74, 6) is 0.888. The zero-order chi connectivity index (χ0) is 15.9. The molecule has 0 aliphatic carbocycles. The fraction of sp³-hybridized carbons (Fsp3) is 0.333. The highest BCUT2D eigenvalue weighted by Crippen LogP contribution is 2.20. The first-order valence-electron chi connectivity index (χ1n) is 7.55. The molecule has 4 heteroatoms. The fourth-order valence-corrected chi connectivity index (χ4v) is 2.31. The molecule has 2 N–H and O–H groups in total. The van der Waals surface area contributed by atoms with Crippen LogP contribution in [-0.2, 0) is 0 Å². The Morgan fingerprint density at radius 3 is 2.59 bits per heavy atom. The average molecular weight is 319 g/mol. The molecule has 0 aliphatic rings. The Kier molecular flexibility index (Phi) is 5.96. The van der Waals surface area contributed by atoms with Crippen LogP contribution in [0.15, 0.2) is 42.5 Å². The quantitative estimate of drug-likeness (QED) is 0.708. The molecule has 2 aromatic rings. The molecule has 0 saturated carbocycles. The molecule has 0 radical (unpaired) electrons. The van der Waals surface area contributed by atoms with E-state index in [9.17, 15) is 0 Å². The number of aryl methyl sites for hydroxylation is 1. The minimum Gasteiger partial charge on any atom is -0.491 e. The molecular formula is C18H23ClN2O. The van der Waals surface area contributed by atoms with Crippen LogP contribution >= 0.6 is 11.6 Å². The Morgan fingerprint density at radius 2 is 1.82 bits per heavy atom. The Hall–Kier alpha value is -1.87. The molecule has 0 fully saturated rings. The van der Waals surface area contributed by atoms with Crippen molar-refractivity contribution < 1.29 is 4.74 Å². The molecule has 2 aromatic carbocycles. The lowest BCUT2D eigenvalue weighted by Crippen LogP contribution is -2.14. The van der Waals surface area contributed by atoms with Crippen molar-refractivity contribution >= 4 is 23.0 Å². The maximum Gasteiger partial charge on any atom is 0.121 e. The second-order valence-corrected chi connectivity index (χ2v) is 5.94. The summed E-state index contributed by atoms with van der Waals surface area (Å²) in [6.07, 6.45) is 0.183. The predicted molar refractivity (Wildman–Crippen MR) is 95.4 cm³/mol. The fourth-order valence-electron chi connectivity index (χ4n) is 2.14. The number of anilines is 2. The molecule has 0 saturated heterocycles. The molecule has 0 amide bonds. The normalized spacial score (nSPS) is 10.6. The average Bonchev–Trinajstić information content (AvgIpc) is 2.47. The van der Waals surface area contributed by atoms with Crippen molar-refractivity contribution in [3.8, 4) is 5.75 Å². The van der Waals surface area contributed by atoms with E-state index in [0.29, 0.717) is 0 Å². The van der Waals surface area contributed by atoms with Gasteiger partial charge in [-0.05, 0) is 50.6 Å². The molecule has 0 heterocycles. The van der Waals surface area contributed by atoms with Crippen molar-refractivity contribution in [1.82, 2.24) is 0 Å². The first-order valence-corrected chi connectivity index (χ1v) is 7.93. The van der Waals surface area contributed by atoms with Gasteiger partial charge in [0.2, 0.25) is 0 Å². The number of nitrogens with one attached hydrogen (secondary N) is 2. The molecule has 118 valence electrons. The number of ether oxygens (including phenoxy) is 1. The summed E-state index contributed by atoms with van der Waals surface area (Å²) in [6, 6.07) is 13.9. The van der Waals surface area contributed by atoms with E-state index >= 15 is 0 Å². The highest BCUT2D eigenvalue weighted by atomic mass is 35.5. The van der Waals surface area contributed by atoms with Crippen LogP contribution in [0.3, 0.4) is 0 Å². The van der Waals surface area contributed by atoms with Crippen molar-refractivity contribution in [2.24, 2.45) is 0 Å². The molecule has 0 aliphatic heterocycles. The first-order chi connectivity index (χ1) is 10.5. The Bertz CT molecular complexity index is 614. The van der Waals surface area contributed by atoms with Gasteiger partial charge in [-0.25, -0.2) is 0 Å². The third-order valence-electron chi connectivity index (χ3n) is 3.18. The maximum absolute atomic E-state index is 6.01. The predicted octanol–water partition coefficient (Wildman–Crippen LogP) is 4.96. The standard InChI is InChI=1S/C18H23ClN2O/c1-13(2)22-17-6-4-5-16(12-17)20-9-10-21-18-11-15(19)8-7-14(18)3/h4-8,11-13,20-21H,9-10H2,1-3H3. The van der Waals surface area contributed by atoms with E-state index < -0.39 is 0 Å². The van der Waals surface area contributed by atoms with Crippen LogP contribution in [0.1, 0.15) is 19.4 Å². The Balaban J connectivity index is 1.82. The van der Waals surface area contributed by atoms with Crippen molar-refractivity contribution in [3.63, 3.8) is 0 Å². The summed E-state index contributed by atoms with van der Waals surface area (Å²) in [4.78, 5) is 0. The van der Waals surface area contributed by atoms with Gasteiger partial charge in [-0.2, -0.15) is 0 Å². The Labute approximate surface area is 137 Å². The van der Waals surface area contributed by atoms with E-state index in [2.05, 4.69) is 17.6 Å². The van der Waals surface area contributed by atoms with Gasteiger partial charge in [-0.3, -0.25) is 0 Å². The molecule has 0 aromatic heterocycles. The minimum absolute atomic E-state index is 0.183. The van der Waals surface area contributed by atoms with E-state index in [1.165, 1.54) is 5.56 Å².